The zero-order chi connectivity index (χ0) is 18.9. The van der Waals surface area contributed by atoms with Crippen LogP contribution in [0.5, 0.6) is 0 Å². The molecule has 0 bridgehead atoms. The van der Waals surface area contributed by atoms with Gasteiger partial charge >= 0.3 is 0 Å². The smallest absolute Gasteiger partial charge is 0.253 e. The third-order valence-electron chi connectivity index (χ3n) is 3.58. The summed E-state index contributed by atoms with van der Waals surface area (Å²) >= 11 is 5.20. The van der Waals surface area contributed by atoms with Crippen molar-refractivity contribution in [3.8, 4) is 0 Å². The van der Waals surface area contributed by atoms with Gasteiger partial charge in [0.05, 0.1) is 11.3 Å². The largest absolute Gasteiger partial charge is 0.350 e. The van der Waals surface area contributed by atoms with Crippen molar-refractivity contribution in [3.05, 3.63) is 65.7 Å². The Labute approximate surface area is 159 Å². The first kappa shape index (κ1) is 19.6. The fourth-order valence-electron chi connectivity index (χ4n) is 2.38. The number of hydrogen-bond donors (Lipinski definition) is 3. The molecule has 0 atom stereocenters. The molecule has 0 heterocycles. The van der Waals surface area contributed by atoms with Gasteiger partial charge in [0.2, 0.25) is 5.91 Å². The normalized spacial score (nSPS) is 10.3. The van der Waals surface area contributed by atoms with E-state index in [1.165, 1.54) is 0 Å². The molecule has 0 aliphatic rings. The molecular formula is C20H23N3O2S. The van der Waals surface area contributed by atoms with Crippen molar-refractivity contribution in [1.82, 2.24) is 10.6 Å². The third-order valence-corrected chi connectivity index (χ3v) is 3.78. The van der Waals surface area contributed by atoms with Crippen molar-refractivity contribution in [2.75, 3.05) is 5.32 Å². The van der Waals surface area contributed by atoms with E-state index in [1.807, 2.05) is 44.2 Å². The molecule has 6 heteroatoms. The molecule has 0 aliphatic heterocycles. The highest BCUT2D eigenvalue weighted by atomic mass is 32.1. The van der Waals surface area contributed by atoms with Gasteiger partial charge in [-0.2, -0.15) is 0 Å². The maximum absolute atomic E-state index is 12.3. The van der Waals surface area contributed by atoms with Gasteiger partial charge in [-0.3, -0.25) is 9.59 Å². The first-order chi connectivity index (χ1) is 12.5. The maximum Gasteiger partial charge on any atom is 0.253 e. The molecule has 3 N–H and O–H groups in total. The van der Waals surface area contributed by atoms with Crippen molar-refractivity contribution < 1.29 is 9.59 Å². The van der Waals surface area contributed by atoms with E-state index in [0.717, 1.165) is 5.56 Å². The molecule has 136 valence electrons. The fraction of sp³-hybridized carbons (Fsp3) is 0.250. The van der Waals surface area contributed by atoms with Crippen LogP contribution in [-0.2, 0) is 11.2 Å². The molecule has 0 unspecified atom stereocenters. The standard InChI is InChI=1S/C20H23N3O2S/c1-14(2)21-19(25)16-10-6-7-11-17(16)22-20(26)23-18(24)13-12-15-8-4-3-5-9-15/h3-11,14H,12-13H2,1-2H3,(H,21,25)(H2,22,23,24,26). The zero-order valence-corrected chi connectivity index (χ0v) is 15.7. The highest BCUT2D eigenvalue weighted by molar-refractivity contribution is 7.80. The summed E-state index contributed by atoms with van der Waals surface area (Å²) in [5, 5.41) is 8.60. The summed E-state index contributed by atoms with van der Waals surface area (Å²) in [4.78, 5) is 24.3. The molecule has 0 aromatic heterocycles. The molecule has 0 saturated carbocycles. The van der Waals surface area contributed by atoms with Crippen LogP contribution in [0.3, 0.4) is 0 Å². The summed E-state index contributed by atoms with van der Waals surface area (Å²) in [5.41, 5.74) is 2.12. The number of aryl methyl sites for hydroxylation is 1. The molecule has 0 saturated heterocycles. The molecule has 5 nitrogen and oxygen atoms in total. The van der Waals surface area contributed by atoms with Gasteiger partial charge in [0.1, 0.15) is 0 Å². The highest BCUT2D eigenvalue weighted by Gasteiger charge is 2.13. The summed E-state index contributed by atoms with van der Waals surface area (Å²) in [6.45, 7) is 3.79. The second-order valence-corrected chi connectivity index (χ2v) is 6.57. The molecule has 26 heavy (non-hydrogen) atoms. The van der Waals surface area contributed by atoms with Crippen molar-refractivity contribution in [1.29, 1.82) is 0 Å². The van der Waals surface area contributed by atoms with E-state index in [9.17, 15) is 9.59 Å². The van der Waals surface area contributed by atoms with Crippen LogP contribution in [0.2, 0.25) is 0 Å². The molecule has 2 aromatic rings. The van der Waals surface area contributed by atoms with Crippen molar-refractivity contribution in [2.24, 2.45) is 0 Å². The predicted octanol–water partition coefficient (Wildman–Crippen LogP) is 3.27. The first-order valence-corrected chi connectivity index (χ1v) is 8.91. The minimum Gasteiger partial charge on any atom is -0.350 e. The number of carbonyl (C=O) groups is 2. The summed E-state index contributed by atoms with van der Waals surface area (Å²) < 4.78 is 0. The minimum atomic E-state index is -0.193. The van der Waals surface area contributed by atoms with E-state index in [1.54, 1.807) is 24.3 Å². The summed E-state index contributed by atoms with van der Waals surface area (Å²) in [6, 6.07) is 16.8. The SMILES string of the molecule is CC(C)NC(=O)c1ccccc1NC(=S)NC(=O)CCc1ccccc1. The minimum absolute atomic E-state index is 0.0280. The number of amides is 2. The second kappa shape index (κ2) is 9.68. The average molecular weight is 369 g/mol. The molecule has 0 aliphatic carbocycles. The maximum atomic E-state index is 12.3. The quantitative estimate of drug-likeness (QED) is 0.684. The van der Waals surface area contributed by atoms with Gasteiger partial charge in [-0.1, -0.05) is 42.5 Å². The number of rotatable bonds is 6. The number of thiocarbonyl (C=S) groups is 1. The Hall–Kier alpha value is -2.73. The van der Waals surface area contributed by atoms with Crippen LogP contribution in [0.15, 0.2) is 54.6 Å². The van der Waals surface area contributed by atoms with Crippen LogP contribution in [0.4, 0.5) is 5.69 Å². The lowest BCUT2D eigenvalue weighted by Crippen LogP contribution is -2.35. The van der Waals surface area contributed by atoms with E-state index in [2.05, 4.69) is 16.0 Å². The van der Waals surface area contributed by atoms with Crippen molar-refractivity contribution >= 4 is 34.8 Å². The Kier molecular flexibility index (Phi) is 7.29. The number of carbonyl (C=O) groups excluding carboxylic acids is 2. The molecule has 2 rings (SSSR count). The fourth-order valence-corrected chi connectivity index (χ4v) is 2.60. The molecular weight excluding hydrogens is 346 g/mol. The van der Waals surface area contributed by atoms with Gasteiger partial charge in [-0.05, 0) is 50.2 Å². The number of para-hydroxylation sites is 1. The van der Waals surface area contributed by atoms with Gasteiger partial charge in [0, 0.05) is 12.5 Å². The second-order valence-electron chi connectivity index (χ2n) is 6.16. The van der Waals surface area contributed by atoms with E-state index in [4.69, 9.17) is 12.2 Å². The van der Waals surface area contributed by atoms with Crippen LogP contribution in [-0.4, -0.2) is 23.0 Å². The predicted molar refractivity (Wildman–Crippen MR) is 108 cm³/mol. The monoisotopic (exact) mass is 369 g/mol. The van der Waals surface area contributed by atoms with Gasteiger partial charge < -0.3 is 16.0 Å². The van der Waals surface area contributed by atoms with Gasteiger partial charge in [-0.25, -0.2) is 0 Å². The molecule has 2 aromatic carbocycles. The Morgan fingerprint density at radius 1 is 1.00 bits per heavy atom. The Morgan fingerprint density at radius 2 is 1.65 bits per heavy atom. The van der Waals surface area contributed by atoms with Crippen molar-refractivity contribution in [3.63, 3.8) is 0 Å². The number of hydrogen-bond acceptors (Lipinski definition) is 3. The van der Waals surface area contributed by atoms with Crippen LogP contribution < -0.4 is 16.0 Å². The number of nitrogens with one attached hydrogen (secondary N) is 3. The van der Waals surface area contributed by atoms with Crippen LogP contribution in [0, 0.1) is 0 Å². The molecule has 0 spiro atoms. The Bertz CT molecular complexity index is 776. The summed E-state index contributed by atoms with van der Waals surface area (Å²) in [5.74, 6) is -0.364. The molecule has 2 amide bonds. The number of anilines is 1. The highest BCUT2D eigenvalue weighted by Crippen LogP contribution is 2.15. The van der Waals surface area contributed by atoms with Gasteiger partial charge in [-0.15, -0.1) is 0 Å². The lowest BCUT2D eigenvalue weighted by Gasteiger charge is -2.14. The van der Waals surface area contributed by atoms with Crippen LogP contribution >= 0.6 is 12.2 Å². The lowest BCUT2D eigenvalue weighted by atomic mass is 10.1. The number of benzene rings is 2. The van der Waals surface area contributed by atoms with Crippen molar-refractivity contribution in [2.45, 2.75) is 32.7 Å². The Morgan fingerprint density at radius 3 is 2.35 bits per heavy atom. The zero-order valence-electron chi connectivity index (χ0n) is 14.9. The van der Waals surface area contributed by atoms with Crippen LogP contribution in [0.25, 0.3) is 0 Å². The Balaban J connectivity index is 1.91. The van der Waals surface area contributed by atoms with E-state index >= 15 is 0 Å². The van der Waals surface area contributed by atoms with E-state index in [-0.39, 0.29) is 23.0 Å². The lowest BCUT2D eigenvalue weighted by molar-refractivity contribution is -0.119. The molecule has 0 fully saturated rings. The first-order valence-electron chi connectivity index (χ1n) is 8.50. The van der Waals surface area contributed by atoms with Crippen LogP contribution in [0.1, 0.15) is 36.2 Å². The van der Waals surface area contributed by atoms with Gasteiger partial charge in [0.15, 0.2) is 5.11 Å². The van der Waals surface area contributed by atoms with E-state index < -0.39 is 0 Å². The van der Waals surface area contributed by atoms with Gasteiger partial charge in [0.25, 0.3) is 5.91 Å². The topological polar surface area (TPSA) is 70.2 Å². The average Bonchev–Trinajstić information content (AvgIpc) is 2.60. The molecule has 0 radical (unpaired) electrons. The van der Waals surface area contributed by atoms with E-state index in [0.29, 0.717) is 24.1 Å². The summed E-state index contributed by atoms with van der Waals surface area (Å²) in [6.07, 6.45) is 0.976. The summed E-state index contributed by atoms with van der Waals surface area (Å²) in [7, 11) is 0. The third kappa shape index (κ3) is 6.29.